The molecule has 2 unspecified atom stereocenters. The Hall–Kier alpha value is -1.62. The van der Waals surface area contributed by atoms with Crippen molar-refractivity contribution in [3.05, 3.63) is 29.6 Å². The van der Waals surface area contributed by atoms with E-state index in [1.54, 1.807) is 6.07 Å². The largest absolute Gasteiger partial charge is 0.508 e. The number of hydrogen-bond donors (Lipinski definition) is 2. The zero-order valence-electron chi connectivity index (χ0n) is 12.3. The van der Waals surface area contributed by atoms with Gasteiger partial charge >= 0.3 is 5.97 Å². The monoisotopic (exact) mass is 295 g/mol. The quantitative estimate of drug-likeness (QED) is 0.876. The van der Waals surface area contributed by atoms with Gasteiger partial charge in [-0.3, -0.25) is 9.69 Å². The predicted octanol–water partition coefficient (Wildman–Crippen LogP) is 3.17. The Kier molecular flexibility index (Phi) is 5.17. The Bertz CT molecular complexity index is 506. The third-order valence-electron chi connectivity index (χ3n) is 4.30. The number of carbonyl (C=O) groups is 1. The van der Waals surface area contributed by atoms with Crippen LogP contribution in [0.1, 0.15) is 44.2 Å². The number of phenols is 1. The van der Waals surface area contributed by atoms with Crippen molar-refractivity contribution in [3.8, 4) is 5.75 Å². The SMILES string of the molecule is CC(c1ccc(O)cc1F)N1CCCC(CCC(=O)O)C1. The molecule has 0 amide bonds. The van der Waals surface area contributed by atoms with Crippen molar-refractivity contribution in [3.63, 3.8) is 0 Å². The van der Waals surface area contributed by atoms with E-state index < -0.39 is 11.8 Å². The molecule has 0 aliphatic carbocycles. The summed E-state index contributed by atoms with van der Waals surface area (Å²) in [6, 6.07) is 4.19. The van der Waals surface area contributed by atoms with Crippen molar-refractivity contribution in [1.82, 2.24) is 4.90 Å². The first-order valence-electron chi connectivity index (χ1n) is 7.41. The Morgan fingerprint density at radius 2 is 2.29 bits per heavy atom. The van der Waals surface area contributed by atoms with Crippen molar-refractivity contribution in [2.45, 2.75) is 38.6 Å². The first-order chi connectivity index (χ1) is 9.97. The number of benzene rings is 1. The molecule has 0 spiro atoms. The molecule has 1 fully saturated rings. The fourth-order valence-corrected chi connectivity index (χ4v) is 3.06. The first-order valence-corrected chi connectivity index (χ1v) is 7.41. The third kappa shape index (κ3) is 4.17. The molecule has 2 N–H and O–H groups in total. The highest BCUT2D eigenvalue weighted by Crippen LogP contribution is 2.30. The van der Waals surface area contributed by atoms with E-state index in [4.69, 9.17) is 5.11 Å². The van der Waals surface area contributed by atoms with Gasteiger partial charge in [-0.15, -0.1) is 0 Å². The van der Waals surface area contributed by atoms with Gasteiger partial charge in [0.05, 0.1) is 0 Å². The maximum absolute atomic E-state index is 13.9. The Balaban J connectivity index is 2.01. The molecule has 1 aromatic carbocycles. The molecule has 1 heterocycles. The number of aromatic hydroxyl groups is 1. The highest BCUT2D eigenvalue weighted by atomic mass is 19.1. The molecule has 0 bridgehead atoms. The summed E-state index contributed by atoms with van der Waals surface area (Å²) in [5.74, 6) is -0.862. The second kappa shape index (κ2) is 6.89. The van der Waals surface area contributed by atoms with E-state index in [1.807, 2.05) is 6.92 Å². The summed E-state index contributed by atoms with van der Waals surface area (Å²) in [6.07, 6.45) is 2.92. The van der Waals surface area contributed by atoms with Gasteiger partial charge in [-0.2, -0.15) is 0 Å². The number of nitrogens with zero attached hydrogens (tertiary/aromatic N) is 1. The molecule has 4 nitrogen and oxygen atoms in total. The summed E-state index contributed by atoms with van der Waals surface area (Å²) in [5, 5.41) is 18.1. The fraction of sp³-hybridized carbons (Fsp3) is 0.562. The molecule has 5 heteroatoms. The van der Waals surface area contributed by atoms with Crippen LogP contribution in [0, 0.1) is 11.7 Å². The highest BCUT2D eigenvalue weighted by molar-refractivity contribution is 5.66. The molecular weight excluding hydrogens is 273 g/mol. The van der Waals surface area contributed by atoms with E-state index >= 15 is 0 Å². The molecule has 116 valence electrons. The van der Waals surface area contributed by atoms with Crippen LogP contribution >= 0.6 is 0 Å². The van der Waals surface area contributed by atoms with E-state index in [-0.39, 0.29) is 18.2 Å². The van der Waals surface area contributed by atoms with Gasteiger partial charge in [0.2, 0.25) is 0 Å². The van der Waals surface area contributed by atoms with Crippen molar-refractivity contribution in [2.75, 3.05) is 13.1 Å². The van der Waals surface area contributed by atoms with Gasteiger partial charge < -0.3 is 10.2 Å². The van der Waals surface area contributed by atoms with Gasteiger partial charge in [0.25, 0.3) is 0 Å². The lowest BCUT2D eigenvalue weighted by Gasteiger charge is -2.37. The number of halogens is 1. The van der Waals surface area contributed by atoms with Crippen LogP contribution in [0.25, 0.3) is 0 Å². The molecule has 0 radical (unpaired) electrons. The Morgan fingerprint density at radius 1 is 1.52 bits per heavy atom. The third-order valence-corrected chi connectivity index (χ3v) is 4.30. The minimum Gasteiger partial charge on any atom is -0.508 e. The lowest BCUT2D eigenvalue weighted by Crippen LogP contribution is -2.37. The fourth-order valence-electron chi connectivity index (χ4n) is 3.06. The minimum absolute atomic E-state index is 0.0681. The van der Waals surface area contributed by atoms with Crippen LogP contribution in [-0.4, -0.2) is 34.2 Å². The minimum atomic E-state index is -0.759. The molecule has 1 aliphatic heterocycles. The first kappa shape index (κ1) is 15.8. The van der Waals surface area contributed by atoms with Crippen LogP contribution < -0.4 is 0 Å². The predicted molar refractivity (Wildman–Crippen MR) is 77.6 cm³/mol. The van der Waals surface area contributed by atoms with E-state index in [2.05, 4.69) is 4.90 Å². The van der Waals surface area contributed by atoms with Crippen LogP contribution in [0.3, 0.4) is 0 Å². The smallest absolute Gasteiger partial charge is 0.303 e. The number of carboxylic acids is 1. The molecular formula is C16H22FNO3. The number of hydrogen-bond acceptors (Lipinski definition) is 3. The second-order valence-corrected chi connectivity index (χ2v) is 5.82. The van der Waals surface area contributed by atoms with E-state index in [0.29, 0.717) is 17.9 Å². The summed E-state index contributed by atoms with van der Waals surface area (Å²) in [7, 11) is 0. The van der Waals surface area contributed by atoms with Crippen LogP contribution in [0.5, 0.6) is 5.75 Å². The lowest BCUT2D eigenvalue weighted by molar-refractivity contribution is -0.137. The number of phenolic OH excluding ortho intramolecular Hbond substituents is 1. The maximum Gasteiger partial charge on any atom is 0.303 e. The van der Waals surface area contributed by atoms with Gasteiger partial charge in [-0.1, -0.05) is 6.07 Å². The van der Waals surface area contributed by atoms with Crippen molar-refractivity contribution in [1.29, 1.82) is 0 Å². The Labute approximate surface area is 124 Å². The Morgan fingerprint density at radius 3 is 2.95 bits per heavy atom. The molecule has 1 aliphatic rings. The topological polar surface area (TPSA) is 60.8 Å². The number of aliphatic carboxylic acids is 1. The van der Waals surface area contributed by atoms with Gasteiger partial charge in [-0.25, -0.2) is 4.39 Å². The summed E-state index contributed by atoms with van der Waals surface area (Å²) in [5.41, 5.74) is 0.576. The number of carboxylic acid groups (broad SMARTS) is 1. The second-order valence-electron chi connectivity index (χ2n) is 5.82. The zero-order valence-corrected chi connectivity index (χ0v) is 12.3. The molecule has 1 saturated heterocycles. The summed E-state index contributed by atoms with van der Waals surface area (Å²) in [6.45, 7) is 3.65. The van der Waals surface area contributed by atoms with E-state index in [0.717, 1.165) is 32.0 Å². The number of rotatable bonds is 5. The van der Waals surface area contributed by atoms with Crippen molar-refractivity contribution < 1.29 is 19.4 Å². The standard InChI is InChI=1S/C16H22FNO3/c1-11(14-6-5-13(19)9-15(14)17)18-8-2-3-12(10-18)4-7-16(20)21/h5-6,9,11-12,19H,2-4,7-8,10H2,1H3,(H,20,21). The zero-order chi connectivity index (χ0) is 15.4. The van der Waals surface area contributed by atoms with Crippen LogP contribution in [-0.2, 0) is 4.79 Å². The maximum atomic E-state index is 13.9. The summed E-state index contributed by atoms with van der Waals surface area (Å²) < 4.78 is 13.9. The van der Waals surface area contributed by atoms with E-state index in [9.17, 15) is 14.3 Å². The van der Waals surface area contributed by atoms with Crippen LogP contribution in [0.15, 0.2) is 18.2 Å². The molecule has 2 atom stereocenters. The van der Waals surface area contributed by atoms with Gasteiger partial charge in [0.15, 0.2) is 0 Å². The highest BCUT2D eigenvalue weighted by Gasteiger charge is 2.26. The van der Waals surface area contributed by atoms with Gasteiger partial charge in [0.1, 0.15) is 11.6 Å². The molecule has 0 aromatic heterocycles. The van der Waals surface area contributed by atoms with Crippen LogP contribution in [0.2, 0.25) is 0 Å². The summed E-state index contributed by atoms with van der Waals surface area (Å²) in [4.78, 5) is 12.9. The number of piperidine rings is 1. The molecule has 0 saturated carbocycles. The van der Waals surface area contributed by atoms with Gasteiger partial charge in [-0.05, 0) is 44.7 Å². The average molecular weight is 295 g/mol. The molecule has 21 heavy (non-hydrogen) atoms. The van der Waals surface area contributed by atoms with Gasteiger partial charge in [0, 0.05) is 30.6 Å². The van der Waals surface area contributed by atoms with Crippen molar-refractivity contribution in [2.24, 2.45) is 5.92 Å². The normalized spacial score (nSPS) is 21.1. The lowest BCUT2D eigenvalue weighted by atomic mass is 9.91. The average Bonchev–Trinajstić information content (AvgIpc) is 2.45. The molecule has 2 rings (SSSR count). The number of likely N-dealkylation sites (tertiary alicyclic amines) is 1. The van der Waals surface area contributed by atoms with E-state index in [1.165, 1.54) is 6.07 Å². The van der Waals surface area contributed by atoms with Crippen LogP contribution in [0.4, 0.5) is 4.39 Å². The summed E-state index contributed by atoms with van der Waals surface area (Å²) >= 11 is 0. The van der Waals surface area contributed by atoms with Crippen molar-refractivity contribution >= 4 is 5.97 Å². The molecule has 1 aromatic rings.